The van der Waals surface area contributed by atoms with E-state index in [2.05, 4.69) is 44.8 Å². The summed E-state index contributed by atoms with van der Waals surface area (Å²) in [6, 6.07) is 18.8. The maximum Gasteiger partial charge on any atom is 0.191 e. The number of hydrogen-bond donors (Lipinski definition) is 2. The maximum absolute atomic E-state index is 5.97. The minimum atomic E-state index is 0.452. The third-order valence-electron chi connectivity index (χ3n) is 5.12. The molecule has 0 saturated carbocycles. The number of ether oxygens (including phenoxy) is 1. The average molecular weight is 415 g/mol. The molecule has 1 aliphatic rings. The van der Waals surface area contributed by atoms with E-state index in [1.807, 2.05) is 37.4 Å². The van der Waals surface area contributed by atoms with Crippen molar-refractivity contribution >= 4 is 17.6 Å². The molecule has 3 rings (SSSR count). The lowest BCUT2D eigenvalue weighted by molar-refractivity contribution is 0.125. The van der Waals surface area contributed by atoms with Gasteiger partial charge in [-0.25, -0.2) is 0 Å². The number of hydrogen-bond acceptors (Lipinski definition) is 3. The van der Waals surface area contributed by atoms with Crippen molar-refractivity contribution in [2.45, 2.75) is 32.0 Å². The lowest BCUT2D eigenvalue weighted by Crippen LogP contribution is -2.49. The van der Waals surface area contributed by atoms with Crippen LogP contribution in [0.1, 0.15) is 24.0 Å². The van der Waals surface area contributed by atoms with Crippen molar-refractivity contribution in [2.75, 3.05) is 33.3 Å². The Labute approximate surface area is 179 Å². The summed E-state index contributed by atoms with van der Waals surface area (Å²) in [7, 11) is 1.82. The van der Waals surface area contributed by atoms with Crippen molar-refractivity contribution in [1.29, 1.82) is 0 Å². The Morgan fingerprint density at radius 1 is 1.07 bits per heavy atom. The molecule has 0 amide bonds. The summed E-state index contributed by atoms with van der Waals surface area (Å²) in [5.74, 6) is 0.851. The van der Waals surface area contributed by atoms with Crippen LogP contribution in [-0.2, 0) is 17.9 Å². The molecule has 5 nitrogen and oxygen atoms in total. The number of guanidine groups is 1. The van der Waals surface area contributed by atoms with Crippen LogP contribution < -0.4 is 10.6 Å². The Hall–Kier alpha value is -2.08. The van der Waals surface area contributed by atoms with E-state index in [0.717, 1.165) is 50.0 Å². The summed E-state index contributed by atoms with van der Waals surface area (Å²) in [6.45, 7) is 5.17. The van der Waals surface area contributed by atoms with Crippen molar-refractivity contribution in [3.05, 3.63) is 70.7 Å². The van der Waals surface area contributed by atoms with Crippen LogP contribution in [0.2, 0.25) is 5.02 Å². The standard InChI is InChI=1S/C23H31ClN4O/c1-25-23(26-13-16-29-18-20-5-3-2-4-6-20)27-22-11-14-28(15-12-22)17-19-7-9-21(24)10-8-19/h2-10,22H,11-18H2,1H3,(H2,25,26,27). The zero-order valence-electron chi connectivity index (χ0n) is 17.1. The van der Waals surface area contributed by atoms with Crippen LogP contribution in [0, 0.1) is 0 Å². The SMILES string of the molecule is CN=C(NCCOCc1ccccc1)NC1CCN(Cc2ccc(Cl)cc2)CC1. The third kappa shape index (κ3) is 7.69. The molecule has 0 aliphatic carbocycles. The summed E-state index contributed by atoms with van der Waals surface area (Å²) in [4.78, 5) is 6.84. The van der Waals surface area contributed by atoms with E-state index in [-0.39, 0.29) is 0 Å². The average Bonchev–Trinajstić information content (AvgIpc) is 2.76. The fraction of sp³-hybridized carbons (Fsp3) is 0.435. The first-order valence-electron chi connectivity index (χ1n) is 10.3. The van der Waals surface area contributed by atoms with E-state index < -0.39 is 0 Å². The van der Waals surface area contributed by atoms with Gasteiger partial charge in [0, 0.05) is 44.3 Å². The number of benzene rings is 2. The van der Waals surface area contributed by atoms with Gasteiger partial charge in [-0.15, -0.1) is 0 Å². The molecule has 2 aromatic rings. The predicted molar refractivity (Wildman–Crippen MR) is 120 cm³/mol. The highest BCUT2D eigenvalue weighted by Crippen LogP contribution is 2.16. The number of halogens is 1. The zero-order valence-corrected chi connectivity index (χ0v) is 17.9. The lowest BCUT2D eigenvalue weighted by atomic mass is 10.0. The summed E-state index contributed by atoms with van der Waals surface area (Å²) in [5.41, 5.74) is 2.51. The van der Waals surface area contributed by atoms with E-state index in [4.69, 9.17) is 16.3 Å². The largest absolute Gasteiger partial charge is 0.375 e. The fourth-order valence-electron chi connectivity index (χ4n) is 3.48. The molecule has 0 spiro atoms. The van der Waals surface area contributed by atoms with Gasteiger partial charge < -0.3 is 15.4 Å². The predicted octanol–water partition coefficient (Wildman–Crippen LogP) is 3.69. The molecule has 0 atom stereocenters. The highest BCUT2D eigenvalue weighted by Gasteiger charge is 2.20. The number of nitrogens with one attached hydrogen (secondary N) is 2. The van der Waals surface area contributed by atoms with E-state index >= 15 is 0 Å². The molecule has 6 heteroatoms. The molecular formula is C23H31ClN4O. The van der Waals surface area contributed by atoms with Crippen LogP contribution in [0.25, 0.3) is 0 Å². The van der Waals surface area contributed by atoms with Gasteiger partial charge in [-0.2, -0.15) is 0 Å². The molecule has 0 radical (unpaired) electrons. The molecule has 2 N–H and O–H groups in total. The van der Waals surface area contributed by atoms with Gasteiger partial charge in [0.05, 0.1) is 13.2 Å². The fourth-order valence-corrected chi connectivity index (χ4v) is 3.60. The van der Waals surface area contributed by atoms with Crippen LogP contribution in [0.5, 0.6) is 0 Å². The minimum Gasteiger partial charge on any atom is -0.375 e. The molecule has 29 heavy (non-hydrogen) atoms. The highest BCUT2D eigenvalue weighted by atomic mass is 35.5. The van der Waals surface area contributed by atoms with Crippen molar-refractivity contribution in [1.82, 2.24) is 15.5 Å². The van der Waals surface area contributed by atoms with Gasteiger partial charge in [0.25, 0.3) is 0 Å². The highest BCUT2D eigenvalue weighted by molar-refractivity contribution is 6.30. The second kappa shape index (κ2) is 11.8. The van der Waals surface area contributed by atoms with Crippen molar-refractivity contribution in [3.8, 4) is 0 Å². The molecule has 1 saturated heterocycles. The van der Waals surface area contributed by atoms with Crippen molar-refractivity contribution in [2.24, 2.45) is 4.99 Å². The third-order valence-corrected chi connectivity index (χ3v) is 5.37. The molecule has 0 bridgehead atoms. The Balaban J connectivity index is 1.30. The molecule has 2 aromatic carbocycles. The second-order valence-electron chi connectivity index (χ2n) is 7.36. The summed E-state index contributed by atoms with van der Waals surface area (Å²) in [6.07, 6.45) is 2.22. The lowest BCUT2D eigenvalue weighted by Gasteiger charge is -2.33. The topological polar surface area (TPSA) is 48.9 Å². The Kier molecular flexibility index (Phi) is 8.81. The molecule has 1 heterocycles. The summed E-state index contributed by atoms with van der Waals surface area (Å²) < 4.78 is 5.72. The van der Waals surface area contributed by atoms with Gasteiger partial charge in [0.15, 0.2) is 5.96 Å². The van der Waals surface area contributed by atoms with Crippen LogP contribution in [-0.4, -0.2) is 50.2 Å². The van der Waals surface area contributed by atoms with Gasteiger partial charge in [-0.1, -0.05) is 54.1 Å². The van der Waals surface area contributed by atoms with Gasteiger partial charge in [0.2, 0.25) is 0 Å². The van der Waals surface area contributed by atoms with E-state index in [1.54, 1.807) is 0 Å². The first-order chi connectivity index (χ1) is 14.2. The quantitative estimate of drug-likeness (QED) is 0.393. The first-order valence-corrected chi connectivity index (χ1v) is 10.7. The molecule has 0 aromatic heterocycles. The van der Waals surface area contributed by atoms with E-state index in [1.165, 1.54) is 11.1 Å². The Morgan fingerprint density at radius 3 is 2.48 bits per heavy atom. The number of aliphatic imine (C=N–C) groups is 1. The Bertz CT molecular complexity index is 743. The van der Waals surface area contributed by atoms with Crippen molar-refractivity contribution < 1.29 is 4.74 Å². The van der Waals surface area contributed by atoms with Gasteiger partial charge in [0.1, 0.15) is 0 Å². The number of nitrogens with zero attached hydrogens (tertiary/aromatic N) is 2. The molecule has 156 valence electrons. The second-order valence-corrected chi connectivity index (χ2v) is 7.79. The number of piperidine rings is 1. The number of rotatable bonds is 8. The van der Waals surface area contributed by atoms with E-state index in [9.17, 15) is 0 Å². The van der Waals surface area contributed by atoms with Crippen LogP contribution in [0.3, 0.4) is 0 Å². The van der Waals surface area contributed by atoms with Gasteiger partial charge >= 0.3 is 0 Å². The van der Waals surface area contributed by atoms with Crippen LogP contribution in [0.4, 0.5) is 0 Å². The molecule has 0 unspecified atom stereocenters. The van der Waals surface area contributed by atoms with E-state index in [0.29, 0.717) is 19.3 Å². The molecule has 1 aliphatic heterocycles. The van der Waals surface area contributed by atoms with Crippen molar-refractivity contribution in [3.63, 3.8) is 0 Å². The first kappa shape index (κ1) is 21.6. The van der Waals surface area contributed by atoms with Crippen LogP contribution >= 0.6 is 11.6 Å². The smallest absolute Gasteiger partial charge is 0.191 e. The van der Waals surface area contributed by atoms with Gasteiger partial charge in [-0.3, -0.25) is 9.89 Å². The maximum atomic E-state index is 5.97. The number of likely N-dealkylation sites (tertiary alicyclic amines) is 1. The van der Waals surface area contributed by atoms with Gasteiger partial charge in [-0.05, 0) is 36.1 Å². The molecule has 1 fully saturated rings. The monoisotopic (exact) mass is 414 g/mol. The normalized spacial score (nSPS) is 16.0. The molecular weight excluding hydrogens is 384 g/mol. The summed E-state index contributed by atoms with van der Waals surface area (Å²) in [5, 5.41) is 7.69. The zero-order chi connectivity index (χ0) is 20.3. The summed E-state index contributed by atoms with van der Waals surface area (Å²) >= 11 is 5.97. The minimum absolute atomic E-state index is 0.452. The van der Waals surface area contributed by atoms with Crippen LogP contribution in [0.15, 0.2) is 59.6 Å². The Morgan fingerprint density at radius 2 is 1.79 bits per heavy atom.